The van der Waals surface area contributed by atoms with Crippen molar-refractivity contribution in [1.82, 2.24) is 9.88 Å². The number of carbonyl (C=O) groups is 1. The molecule has 0 radical (unpaired) electrons. The Bertz CT molecular complexity index is 937. The van der Waals surface area contributed by atoms with Crippen molar-refractivity contribution in [3.05, 3.63) is 53.7 Å². The highest BCUT2D eigenvalue weighted by Gasteiger charge is 2.26. The molecule has 1 amide bonds. The van der Waals surface area contributed by atoms with Crippen LogP contribution in [0.1, 0.15) is 31.9 Å². The van der Waals surface area contributed by atoms with Gasteiger partial charge in [-0.05, 0) is 62.6 Å². The van der Waals surface area contributed by atoms with Crippen molar-refractivity contribution in [1.29, 1.82) is 0 Å². The molecule has 7 nitrogen and oxygen atoms in total. The fourth-order valence-corrected chi connectivity index (χ4v) is 3.81. The second-order valence-corrected chi connectivity index (χ2v) is 9.04. The Morgan fingerprint density at radius 1 is 1.19 bits per heavy atom. The molecule has 27 heavy (non-hydrogen) atoms. The average molecular weight is 389 g/mol. The van der Waals surface area contributed by atoms with Gasteiger partial charge in [0.25, 0.3) is 10.0 Å². The largest absolute Gasteiger partial charge is 0.444 e. The van der Waals surface area contributed by atoms with Gasteiger partial charge in [-0.2, -0.15) is 8.42 Å². The second kappa shape index (κ2) is 7.19. The minimum Gasteiger partial charge on any atom is -0.444 e. The van der Waals surface area contributed by atoms with Crippen molar-refractivity contribution < 1.29 is 17.9 Å². The third-order valence-corrected chi connectivity index (χ3v) is 5.33. The average Bonchev–Trinajstić information content (AvgIpc) is 2.60. The normalized spacial score (nSPS) is 14.4. The van der Waals surface area contributed by atoms with E-state index in [0.717, 1.165) is 11.1 Å². The second-order valence-electron chi connectivity index (χ2n) is 7.41. The number of carbonyl (C=O) groups excluding carboxylic acids is 1. The van der Waals surface area contributed by atoms with Crippen LogP contribution >= 0.6 is 0 Å². The first-order chi connectivity index (χ1) is 12.6. The number of benzene rings is 1. The lowest BCUT2D eigenvalue weighted by Crippen LogP contribution is -2.39. The molecule has 2 heterocycles. The van der Waals surface area contributed by atoms with Crippen LogP contribution < -0.4 is 4.72 Å². The number of rotatable bonds is 3. The molecule has 0 saturated heterocycles. The Kier molecular flexibility index (Phi) is 5.10. The van der Waals surface area contributed by atoms with Crippen LogP contribution in [0.4, 0.5) is 10.5 Å². The van der Waals surface area contributed by atoms with Crippen molar-refractivity contribution >= 4 is 21.8 Å². The predicted molar refractivity (Wildman–Crippen MR) is 102 cm³/mol. The summed E-state index contributed by atoms with van der Waals surface area (Å²) in [6.07, 6.45) is 1.73. The summed E-state index contributed by atoms with van der Waals surface area (Å²) in [5.74, 6) is 0. The molecule has 1 aliphatic rings. The number of nitrogens with zero attached hydrogens (tertiary/aromatic N) is 2. The summed E-state index contributed by atoms with van der Waals surface area (Å²) < 4.78 is 32.8. The van der Waals surface area contributed by atoms with Gasteiger partial charge in [0.1, 0.15) is 5.60 Å². The molecule has 0 saturated carbocycles. The lowest BCUT2D eigenvalue weighted by molar-refractivity contribution is 0.0224. The van der Waals surface area contributed by atoms with E-state index in [1.54, 1.807) is 23.1 Å². The van der Waals surface area contributed by atoms with E-state index in [4.69, 9.17) is 4.74 Å². The molecule has 1 aromatic carbocycles. The summed E-state index contributed by atoms with van der Waals surface area (Å²) in [6.45, 7) is 6.48. The number of hydrogen-bond acceptors (Lipinski definition) is 5. The number of nitrogens with one attached hydrogen (secondary N) is 1. The van der Waals surface area contributed by atoms with Crippen molar-refractivity contribution in [2.75, 3.05) is 11.3 Å². The minimum atomic E-state index is -3.73. The maximum absolute atomic E-state index is 12.4. The number of pyridine rings is 1. The highest BCUT2D eigenvalue weighted by atomic mass is 32.2. The molecule has 1 aromatic heterocycles. The SMILES string of the molecule is CC(C)(C)OC(=O)N1CCc2cc(NS(=O)(=O)c3ccccn3)ccc2C1. The third kappa shape index (κ3) is 4.77. The van der Waals surface area contributed by atoms with Gasteiger partial charge in [0, 0.05) is 25.0 Å². The van der Waals surface area contributed by atoms with Gasteiger partial charge in [0.2, 0.25) is 0 Å². The molecule has 0 bridgehead atoms. The van der Waals surface area contributed by atoms with Crippen LogP contribution in [-0.4, -0.2) is 36.5 Å². The monoisotopic (exact) mass is 389 g/mol. The van der Waals surface area contributed by atoms with Gasteiger partial charge in [-0.3, -0.25) is 4.72 Å². The molecule has 1 aliphatic heterocycles. The van der Waals surface area contributed by atoms with Crippen molar-refractivity contribution in [2.24, 2.45) is 0 Å². The third-order valence-electron chi connectivity index (χ3n) is 4.04. The van der Waals surface area contributed by atoms with Crippen LogP contribution in [0.2, 0.25) is 0 Å². The van der Waals surface area contributed by atoms with Crippen LogP contribution in [0.5, 0.6) is 0 Å². The maximum atomic E-state index is 12.4. The Morgan fingerprint density at radius 3 is 2.63 bits per heavy atom. The van der Waals surface area contributed by atoms with Gasteiger partial charge >= 0.3 is 6.09 Å². The number of hydrogen-bond donors (Lipinski definition) is 1. The minimum absolute atomic E-state index is 0.0289. The van der Waals surface area contributed by atoms with E-state index in [1.807, 2.05) is 32.9 Å². The van der Waals surface area contributed by atoms with E-state index < -0.39 is 15.6 Å². The first-order valence-electron chi connectivity index (χ1n) is 8.68. The predicted octanol–water partition coefficient (Wildman–Crippen LogP) is 3.18. The molecular weight excluding hydrogens is 366 g/mol. The van der Waals surface area contributed by atoms with E-state index in [1.165, 1.54) is 12.3 Å². The van der Waals surface area contributed by atoms with Gasteiger partial charge in [0.05, 0.1) is 0 Å². The molecule has 2 aromatic rings. The van der Waals surface area contributed by atoms with Gasteiger partial charge in [-0.1, -0.05) is 12.1 Å². The fraction of sp³-hybridized carbons (Fsp3) is 0.368. The Balaban J connectivity index is 1.73. The quantitative estimate of drug-likeness (QED) is 0.871. The molecule has 144 valence electrons. The fourth-order valence-electron chi connectivity index (χ4n) is 2.81. The van der Waals surface area contributed by atoms with Crippen molar-refractivity contribution in [3.8, 4) is 0 Å². The number of amides is 1. The first kappa shape index (κ1) is 19.2. The van der Waals surface area contributed by atoms with Gasteiger partial charge in [-0.15, -0.1) is 0 Å². The highest BCUT2D eigenvalue weighted by molar-refractivity contribution is 7.92. The first-order valence-corrected chi connectivity index (χ1v) is 10.2. The molecule has 0 spiro atoms. The summed E-state index contributed by atoms with van der Waals surface area (Å²) in [5, 5.41) is -0.0289. The van der Waals surface area contributed by atoms with Crippen molar-refractivity contribution in [3.63, 3.8) is 0 Å². The van der Waals surface area contributed by atoms with Crippen LogP contribution in [0.15, 0.2) is 47.6 Å². The van der Waals surface area contributed by atoms with Gasteiger partial charge in [0.15, 0.2) is 5.03 Å². The maximum Gasteiger partial charge on any atom is 0.410 e. The topological polar surface area (TPSA) is 88.6 Å². The summed E-state index contributed by atoms with van der Waals surface area (Å²) >= 11 is 0. The van der Waals surface area contributed by atoms with Crippen molar-refractivity contribution in [2.45, 2.75) is 44.4 Å². The Hall–Kier alpha value is -2.61. The van der Waals surface area contributed by atoms with Crippen LogP contribution in [-0.2, 0) is 27.7 Å². The van der Waals surface area contributed by atoms with Crippen LogP contribution in [0, 0.1) is 0 Å². The molecular formula is C19H23N3O4S. The molecule has 0 unspecified atom stereocenters. The molecule has 0 aliphatic carbocycles. The molecule has 3 rings (SSSR count). The van der Waals surface area contributed by atoms with Crippen LogP contribution in [0.3, 0.4) is 0 Å². The Labute approximate surface area is 159 Å². The van der Waals surface area contributed by atoms with E-state index >= 15 is 0 Å². The number of sulfonamides is 1. The number of fused-ring (bicyclic) bond motifs is 1. The summed E-state index contributed by atoms with van der Waals surface area (Å²) in [5.41, 5.74) is 1.93. The summed E-state index contributed by atoms with van der Waals surface area (Å²) in [6, 6.07) is 10.1. The lowest BCUT2D eigenvalue weighted by atomic mass is 9.99. The van der Waals surface area contributed by atoms with E-state index in [9.17, 15) is 13.2 Å². The zero-order chi connectivity index (χ0) is 19.7. The van der Waals surface area contributed by atoms with E-state index in [2.05, 4.69) is 9.71 Å². The standard InChI is InChI=1S/C19H23N3O4S/c1-19(2,3)26-18(23)22-11-9-14-12-16(8-7-15(14)13-22)21-27(24,25)17-6-4-5-10-20-17/h4-8,10,12,21H,9,11,13H2,1-3H3. The van der Waals surface area contributed by atoms with E-state index in [0.29, 0.717) is 25.2 Å². The van der Waals surface area contributed by atoms with Gasteiger partial charge in [-0.25, -0.2) is 9.78 Å². The molecule has 1 N–H and O–H groups in total. The Morgan fingerprint density at radius 2 is 1.96 bits per heavy atom. The number of aromatic nitrogens is 1. The molecule has 0 fully saturated rings. The van der Waals surface area contributed by atoms with Crippen LogP contribution in [0.25, 0.3) is 0 Å². The molecule has 8 heteroatoms. The summed E-state index contributed by atoms with van der Waals surface area (Å²) in [7, 11) is -3.73. The smallest absolute Gasteiger partial charge is 0.410 e. The lowest BCUT2D eigenvalue weighted by Gasteiger charge is -2.31. The number of ether oxygens (including phenoxy) is 1. The number of anilines is 1. The summed E-state index contributed by atoms with van der Waals surface area (Å²) in [4.78, 5) is 17.8. The zero-order valence-electron chi connectivity index (χ0n) is 15.6. The molecule has 0 atom stereocenters. The zero-order valence-corrected chi connectivity index (χ0v) is 16.4. The van der Waals surface area contributed by atoms with E-state index in [-0.39, 0.29) is 11.1 Å². The van der Waals surface area contributed by atoms with Gasteiger partial charge < -0.3 is 9.64 Å². The highest BCUT2D eigenvalue weighted by Crippen LogP contribution is 2.25.